The number of hydrogen-bond donors (Lipinski definition) is 0. The highest BCUT2D eigenvalue weighted by Crippen LogP contribution is 2.22. The van der Waals surface area contributed by atoms with E-state index in [0.29, 0.717) is 17.0 Å². The maximum atomic E-state index is 12.6. The van der Waals surface area contributed by atoms with Crippen LogP contribution in [-0.4, -0.2) is 20.3 Å². The number of allylic oxidation sites excluding steroid dienone is 1. The number of carbonyl (C=O) groups excluding carboxylic acids is 1. The van der Waals surface area contributed by atoms with Crippen LogP contribution in [0.2, 0.25) is 0 Å². The first-order valence-electron chi connectivity index (χ1n) is 8.29. The third-order valence-corrected chi connectivity index (χ3v) is 5.35. The maximum absolute atomic E-state index is 12.6. The molecule has 0 fully saturated rings. The molecule has 3 rings (SSSR count). The molecule has 0 atom stereocenters. The minimum Gasteiger partial charge on any atom is -0.312 e. The first-order valence-corrected chi connectivity index (χ1v) is 9.11. The van der Waals surface area contributed by atoms with E-state index in [1.165, 1.54) is 22.5 Å². The molecule has 0 radical (unpaired) electrons. The Kier molecular flexibility index (Phi) is 4.72. The number of aryl methyl sites for hydroxylation is 4. The van der Waals surface area contributed by atoms with Crippen LogP contribution in [0.25, 0.3) is 10.2 Å². The van der Waals surface area contributed by atoms with E-state index in [-0.39, 0.29) is 5.91 Å². The predicted octanol–water partition coefficient (Wildman–Crippen LogP) is 3.77. The molecule has 2 heterocycles. The second kappa shape index (κ2) is 6.80. The fraction of sp³-hybridized carbons (Fsp3) is 0.316. The lowest BCUT2D eigenvalue weighted by Crippen LogP contribution is -2.16. The van der Waals surface area contributed by atoms with E-state index in [9.17, 15) is 4.79 Å². The van der Waals surface area contributed by atoms with Crippen molar-refractivity contribution in [1.82, 2.24) is 14.3 Å². The van der Waals surface area contributed by atoms with Crippen LogP contribution in [0.5, 0.6) is 0 Å². The van der Waals surface area contributed by atoms with Crippen molar-refractivity contribution in [3.63, 3.8) is 0 Å². The molecule has 0 bridgehead atoms. The van der Waals surface area contributed by atoms with Crippen LogP contribution in [0.15, 0.2) is 35.8 Å². The molecule has 0 aliphatic carbocycles. The van der Waals surface area contributed by atoms with E-state index in [1.54, 1.807) is 10.7 Å². The lowest BCUT2D eigenvalue weighted by atomic mass is 10.1. The summed E-state index contributed by atoms with van der Waals surface area (Å²) in [5, 5.41) is 4.33. The fourth-order valence-electron chi connectivity index (χ4n) is 2.79. The smallest absolute Gasteiger partial charge is 0.300 e. The summed E-state index contributed by atoms with van der Waals surface area (Å²) >= 11 is 1.52. The third-order valence-electron chi connectivity index (χ3n) is 4.31. The van der Waals surface area contributed by atoms with Gasteiger partial charge in [0.05, 0.1) is 10.2 Å². The lowest BCUT2D eigenvalue weighted by molar-refractivity contribution is 0.0992. The molecule has 0 aliphatic rings. The molecule has 0 unspecified atom stereocenters. The Morgan fingerprint density at radius 3 is 2.64 bits per heavy atom. The van der Waals surface area contributed by atoms with E-state index in [2.05, 4.69) is 42.7 Å². The average molecular weight is 354 g/mol. The van der Waals surface area contributed by atoms with Gasteiger partial charge in [-0.3, -0.25) is 9.48 Å². The quantitative estimate of drug-likeness (QED) is 0.670. The zero-order valence-corrected chi connectivity index (χ0v) is 15.9. The summed E-state index contributed by atoms with van der Waals surface area (Å²) in [6, 6.07) is 6.08. The molecule has 0 saturated carbocycles. The molecule has 130 valence electrons. The van der Waals surface area contributed by atoms with Crippen LogP contribution in [0.4, 0.5) is 0 Å². The monoisotopic (exact) mass is 354 g/mol. The number of hydrogen-bond acceptors (Lipinski definition) is 3. The number of carbonyl (C=O) groups is 1. The van der Waals surface area contributed by atoms with Gasteiger partial charge in [-0.05, 0) is 57.0 Å². The van der Waals surface area contributed by atoms with Crippen LogP contribution in [0.3, 0.4) is 0 Å². The summed E-state index contributed by atoms with van der Waals surface area (Å²) in [7, 11) is 0. The number of rotatable bonds is 4. The van der Waals surface area contributed by atoms with E-state index >= 15 is 0 Å². The van der Waals surface area contributed by atoms with E-state index in [4.69, 9.17) is 0 Å². The standard InChI is InChI=1S/C19H22N4OS/c1-6-8-22-16-9-12(3)13(4)10-17(16)25-19(22)20-18(24)15-11-14(5)23(7-2)21-15/h6,9-11H,1,7-8H2,2-5H3. The van der Waals surface area contributed by atoms with Crippen molar-refractivity contribution in [3.8, 4) is 0 Å². The third kappa shape index (κ3) is 3.22. The number of benzene rings is 1. The lowest BCUT2D eigenvalue weighted by Gasteiger charge is -2.03. The van der Waals surface area contributed by atoms with E-state index < -0.39 is 0 Å². The topological polar surface area (TPSA) is 52.2 Å². The second-order valence-corrected chi connectivity index (χ2v) is 7.10. The molecule has 3 aromatic rings. The largest absolute Gasteiger partial charge is 0.312 e. The van der Waals surface area contributed by atoms with Gasteiger partial charge in [-0.25, -0.2) is 0 Å². The van der Waals surface area contributed by atoms with Gasteiger partial charge >= 0.3 is 0 Å². The maximum Gasteiger partial charge on any atom is 0.300 e. The first kappa shape index (κ1) is 17.4. The summed E-state index contributed by atoms with van der Waals surface area (Å²) in [6.07, 6.45) is 1.82. The molecule has 0 aliphatic heterocycles. The minimum absolute atomic E-state index is 0.312. The Labute approximate surface area is 150 Å². The second-order valence-electron chi connectivity index (χ2n) is 6.09. The van der Waals surface area contributed by atoms with Crippen molar-refractivity contribution in [2.75, 3.05) is 0 Å². The van der Waals surface area contributed by atoms with E-state index in [0.717, 1.165) is 22.5 Å². The molecule has 0 spiro atoms. The van der Waals surface area contributed by atoms with Crippen molar-refractivity contribution >= 4 is 27.5 Å². The highest BCUT2D eigenvalue weighted by molar-refractivity contribution is 7.16. The molecular formula is C19H22N4OS. The first-order chi connectivity index (χ1) is 11.9. The molecular weight excluding hydrogens is 332 g/mol. The normalized spacial score (nSPS) is 12.1. The highest BCUT2D eigenvalue weighted by Gasteiger charge is 2.13. The summed E-state index contributed by atoms with van der Waals surface area (Å²) < 4.78 is 4.95. The van der Waals surface area contributed by atoms with Crippen LogP contribution in [0, 0.1) is 20.8 Å². The zero-order valence-electron chi connectivity index (χ0n) is 15.0. The van der Waals surface area contributed by atoms with Gasteiger partial charge in [0.25, 0.3) is 5.91 Å². The highest BCUT2D eigenvalue weighted by atomic mass is 32.1. The Morgan fingerprint density at radius 2 is 2.00 bits per heavy atom. The van der Waals surface area contributed by atoms with Gasteiger partial charge in [0.2, 0.25) is 0 Å². The average Bonchev–Trinajstić information content (AvgIpc) is 3.10. The van der Waals surface area contributed by atoms with Crippen LogP contribution >= 0.6 is 11.3 Å². The SMILES string of the molecule is C=CCn1c(=NC(=O)c2cc(C)n(CC)n2)sc2cc(C)c(C)cc21. The number of fused-ring (bicyclic) bond motifs is 1. The zero-order chi connectivity index (χ0) is 18.1. The van der Waals surface area contributed by atoms with Gasteiger partial charge in [0.15, 0.2) is 10.5 Å². The Balaban J connectivity index is 2.15. The van der Waals surface area contributed by atoms with Crippen molar-refractivity contribution in [3.05, 3.63) is 58.2 Å². The number of nitrogens with zero attached hydrogens (tertiary/aromatic N) is 4. The summed E-state index contributed by atoms with van der Waals surface area (Å²) in [6.45, 7) is 13.3. The molecule has 1 aromatic carbocycles. The summed E-state index contributed by atoms with van der Waals surface area (Å²) in [4.78, 5) is 17.6. The molecule has 2 aromatic heterocycles. The molecule has 0 N–H and O–H groups in total. The van der Waals surface area contributed by atoms with Crippen molar-refractivity contribution in [2.24, 2.45) is 4.99 Å². The van der Waals surface area contributed by atoms with E-state index in [1.807, 2.05) is 24.5 Å². The van der Waals surface area contributed by atoms with Crippen LogP contribution in [-0.2, 0) is 13.1 Å². The molecule has 5 nitrogen and oxygen atoms in total. The van der Waals surface area contributed by atoms with Crippen molar-refractivity contribution in [1.29, 1.82) is 0 Å². The van der Waals surface area contributed by atoms with Crippen molar-refractivity contribution < 1.29 is 4.79 Å². The number of aromatic nitrogens is 3. The van der Waals surface area contributed by atoms with Gasteiger partial charge in [-0.1, -0.05) is 17.4 Å². The predicted molar refractivity (Wildman–Crippen MR) is 102 cm³/mol. The van der Waals surface area contributed by atoms with Crippen LogP contribution in [0.1, 0.15) is 34.2 Å². The molecule has 6 heteroatoms. The van der Waals surface area contributed by atoms with Gasteiger partial charge < -0.3 is 4.57 Å². The molecule has 0 saturated heterocycles. The van der Waals surface area contributed by atoms with Gasteiger partial charge in [0, 0.05) is 18.8 Å². The molecule has 25 heavy (non-hydrogen) atoms. The van der Waals surface area contributed by atoms with Gasteiger partial charge in [-0.2, -0.15) is 10.1 Å². The number of thiazole rings is 1. The number of amides is 1. The summed E-state index contributed by atoms with van der Waals surface area (Å²) in [5.41, 5.74) is 4.87. The van der Waals surface area contributed by atoms with Gasteiger partial charge in [-0.15, -0.1) is 6.58 Å². The Hall–Kier alpha value is -2.47. The Morgan fingerprint density at radius 1 is 1.28 bits per heavy atom. The fourth-order valence-corrected chi connectivity index (χ4v) is 3.91. The Bertz CT molecular complexity index is 1040. The summed E-state index contributed by atoms with van der Waals surface area (Å²) in [5.74, 6) is -0.312. The minimum atomic E-state index is -0.312. The van der Waals surface area contributed by atoms with Crippen molar-refractivity contribution in [2.45, 2.75) is 40.8 Å². The molecule has 1 amide bonds. The van der Waals surface area contributed by atoms with Gasteiger partial charge in [0.1, 0.15) is 0 Å². The van der Waals surface area contributed by atoms with Crippen LogP contribution < -0.4 is 4.80 Å².